The highest BCUT2D eigenvalue weighted by Crippen LogP contribution is 2.34. The molecule has 2 rings (SSSR count). The molecule has 0 saturated heterocycles. The van der Waals surface area contributed by atoms with Gasteiger partial charge in [-0.1, -0.05) is 18.2 Å². The number of urea groups is 1. The molecule has 1 aromatic heterocycles. The molecule has 0 saturated carbocycles. The molecule has 0 aliphatic heterocycles. The fourth-order valence-electron chi connectivity index (χ4n) is 2.12. The van der Waals surface area contributed by atoms with E-state index in [1.165, 1.54) is 36.5 Å². The van der Waals surface area contributed by atoms with Crippen LogP contribution in [-0.2, 0) is 12.7 Å². The number of benzene rings is 1. The van der Waals surface area contributed by atoms with Crippen molar-refractivity contribution >= 4 is 17.4 Å². The first-order valence-electron chi connectivity index (χ1n) is 6.89. The zero-order valence-corrected chi connectivity index (χ0v) is 13.4. The molecule has 0 spiro atoms. The molecule has 0 aliphatic rings. The van der Waals surface area contributed by atoms with Crippen molar-refractivity contribution in [2.24, 2.45) is 0 Å². The summed E-state index contributed by atoms with van der Waals surface area (Å²) >= 11 is 1.46. The highest BCUT2D eigenvalue weighted by molar-refractivity contribution is 7.09. The monoisotopic (exact) mass is 343 g/mol. The fourth-order valence-corrected chi connectivity index (χ4v) is 2.73. The van der Waals surface area contributed by atoms with Gasteiger partial charge in [-0.2, -0.15) is 13.2 Å². The van der Waals surface area contributed by atoms with Gasteiger partial charge in [-0.15, -0.1) is 11.3 Å². The Morgan fingerprint density at radius 1 is 1.35 bits per heavy atom. The summed E-state index contributed by atoms with van der Waals surface area (Å²) in [6.45, 7) is 3.59. The maximum Gasteiger partial charge on any atom is 0.416 e. The first-order chi connectivity index (χ1) is 10.8. The number of nitrogens with zero attached hydrogens (tertiary/aromatic N) is 1. The summed E-state index contributed by atoms with van der Waals surface area (Å²) in [6.07, 6.45) is -4.46. The van der Waals surface area contributed by atoms with Gasteiger partial charge in [-0.3, -0.25) is 0 Å². The number of aryl methyl sites for hydroxylation is 1. The molecule has 1 aromatic carbocycles. The van der Waals surface area contributed by atoms with Crippen LogP contribution in [0.25, 0.3) is 0 Å². The van der Waals surface area contributed by atoms with Crippen molar-refractivity contribution in [3.8, 4) is 0 Å². The van der Waals surface area contributed by atoms with Gasteiger partial charge in [0.2, 0.25) is 0 Å². The SMILES string of the molecule is Cc1nc(CNC(=O)NC(C)c2ccccc2C(F)(F)F)cs1. The topological polar surface area (TPSA) is 54.0 Å². The van der Waals surface area contributed by atoms with Gasteiger partial charge >= 0.3 is 12.2 Å². The quantitative estimate of drug-likeness (QED) is 0.881. The molecule has 4 nitrogen and oxygen atoms in total. The molecule has 1 atom stereocenters. The molecule has 1 unspecified atom stereocenters. The predicted octanol–water partition coefficient (Wildman–Crippen LogP) is 4.03. The smallest absolute Gasteiger partial charge is 0.332 e. The summed E-state index contributed by atoms with van der Waals surface area (Å²) < 4.78 is 38.9. The summed E-state index contributed by atoms with van der Waals surface area (Å²) in [7, 11) is 0. The van der Waals surface area contributed by atoms with Crippen LogP contribution in [0, 0.1) is 6.92 Å². The zero-order valence-electron chi connectivity index (χ0n) is 12.6. The molecule has 1 heterocycles. The van der Waals surface area contributed by atoms with E-state index < -0.39 is 23.8 Å². The van der Waals surface area contributed by atoms with Gasteiger partial charge in [0, 0.05) is 5.38 Å². The Labute approximate surface area is 135 Å². The van der Waals surface area contributed by atoms with E-state index in [-0.39, 0.29) is 12.1 Å². The number of amides is 2. The van der Waals surface area contributed by atoms with Crippen LogP contribution in [0.3, 0.4) is 0 Å². The molecule has 0 fully saturated rings. The van der Waals surface area contributed by atoms with E-state index in [9.17, 15) is 18.0 Å². The van der Waals surface area contributed by atoms with Gasteiger partial charge in [-0.05, 0) is 25.5 Å². The van der Waals surface area contributed by atoms with E-state index in [0.29, 0.717) is 5.69 Å². The third-order valence-corrected chi connectivity index (χ3v) is 4.00. The predicted molar refractivity (Wildman–Crippen MR) is 82.1 cm³/mol. The summed E-state index contributed by atoms with van der Waals surface area (Å²) in [5, 5.41) is 7.80. The molecule has 0 aliphatic carbocycles. The van der Waals surface area contributed by atoms with E-state index in [2.05, 4.69) is 15.6 Å². The molecule has 8 heteroatoms. The Bertz CT molecular complexity index is 685. The van der Waals surface area contributed by atoms with Crippen LogP contribution < -0.4 is 10.6 Å². The molecule has 23 heavy (non-hydrogen) atoms. The number of hydrogen-bond acceptors (Lipinski definition) is 3. The lowest BCUT2D eigenvalue weighted by molar-refractivity contribution is -0.138. The van der Waals surface area contributed by atoms with Crippen LogP contribution in [0.4, 0.5) is 18.0 Å². The number of carbonyl (C=O) groups excluding carboxylic acids is 1. The lowest BCUT2D eigenvalue weighted by atomic mass is 10.0. The highest BCUT2D eigenvalue weighted by atomic mass is 32.1. The van der Waals surface area contributed by atoms with Crippen molar-refractivity contribution in [3.05, 3.63) is 51.5 Å². The van der Waals surface area contributed by atoms with Crippen molar-refractivity contribution < 1.29 is 18.0 Å². The summed E-state index contributed by atoms with van der Waals surface area (Å²) in [5.41, 5.74) is -0.00595. The number of thiazole rings is 1. The Morgan fingerprint density at radius 2 is 2.04 bits per heavy atom. The van der Waals surface area contributed by atoms with Gasteiger partial charge in [0.25, 0.3) is 0 Å². The van der Waals surface area contributed by atoms with E-state index in [1.54, 1.807) is 0 Å². The van der Waals surface area contributed by atoms with Crippen LogP contribution in [0.15, 0.2) is 29.6 Å². The van der Waals surface area contributed by atoms with Crippen molar-refractivity contribution in [1.29, 1.82) is 0 Å². The Hall–Kier alpha value is -2.09. The number of aromatic nitrogens is 1. The van der Waals surface area contributed by atoms with E-state index >= 15 is 0 Å². The number of halogens is 3. The van der Waals surface area contributed by atoms with Crippen LogP contribution >= 0.6 is 11.3 Å². The summed E-state index contributed by atoms with van der Waals surface area (Å²) in [5.74, 6) is 0. The fraction of sp³-hybridized carbons (Fsp3) is 0.333. The molecule has 2 amide bonds. The third kappa shape index (κ3) is 4.69. The number of hydrogen-bond donors (Lipinski definition) is 2. The molecular weight excluding hydrogens is 327 g/mol. The van der Waals surface area contributed by atoms with Crippen LogP contribution in [0.2, 0.25) is 0 Å². The lowest BCUT2D eigenvalue weighted by Crippen LogP contribution is -2.37. The summed E-state index contributed by atoms with van der Waals surface area (Å²) in [4.78, 5) is 16.0. The molecular formula is C15H16F3N3OS. The first-order valence-corrected chi connectivity index (χ1v) is 7.77. The minimum absolute atomic E-state index is 0.0275. The number of carbonyl (C=O) groups is 1. The van der Waals surface area contributed by atoms with E-state index in [1.807, 2.05) is 12.3 Å². The second kappa shape index (κ2) is 6.99. The minimum atomic E-state index is -4.46. The molecule has 0 bridgehead atoms. The summed E-state index contributed by atoms with van der Waals surface area (Å²) in [6, 6.07) is 3.88. The highest BCUT2D eigenvalue weighted by Gasteiger charge is 2.34. The van der Waals surface area contributed by atoms with Crippen molar-refractivity contribution in [2.75, 3.05) is 0 Å². The van der Waals surface area contributed by atoms with Gasteiger partial charge in [0.15, 0.2) is 0 Å². The molecule has 2 aromatic rings. The van der Waals surface area contributed by atoms with Gasteiger partial charge in [0.1, 0.15) is 0 Å². The standard InChI is InChI=1S/C15H16F3N3OS/c1-9(12-5-3-4-6-13(12)15(16,17)18)20-14(22)19-7-11-8-23-10(2)21-11/h3-6,8-9H,7H2,1-2H3,(H2,19,20,22). The zero-order chi connectivity index (χ0) is 17.0. The van der Waals surface area contributed by atoms with Crippen molar-refractivity contribution in [1.82, 2.24) is 15.6 Å². The maximum atomic E-state index is 13.0. The van der Waals surface area contributed by atoms with Crippen LogP contribution in [0.1, 0.15) is 34.8 Å². The minimum Gasteiger partial charge on any atom is -0.332 e. The molecule has 124 valence electrons. The molecule has 2 N–H and O–H groups in total. The second-order valence-corrected chi connectivity index (χ2v) is 6.05. The average molecular weight is 343 g/mol. The Kier molecular flexibility index (Phi) is 5.25. The van der Waals surface area contributed by atoms with Crippen LogP contribution in [0.5, 0.6) is 0 Å². The maximum absolute atomic E-state index is 13.0. The number of rotatable bonds is 4. The van der Waals surface area contributed by atoms with Gasteiger partial charge in [-0.25, -0.2) is 9.78 Å². The lowest BCUT2D eigenvalue weighted by Gasteiger charge is -2.19. The van der Waals surface area contributed by atoms with Gasteiger partial charge in [0.05, 0.1) is 28.9 Å². The van der Waals surface area contributed by atoms with Gasteiger partial charge < -0.3 is 10.6 Å². The third-order valence-electron chi connectivity index (χ3n) is 3.18. The van der Waals surface area contributed by atoms with Crippen molar-refractivity contribution in [2.45, 2.75) is 32.6 Å². The Balaban J connectivity index is 1.99. The average Bonchev–Trinajstić information content (AvgIpc) is 2.90. The normalized spacial score (nSPS) is 12.7. The van der Waals surface area contributed by atoms with E-state index in [0.717, 1.165) is 11.1 Å². The number of nitrogens with one attached hydrogen (secondary N) is 2. The largest absolute Gasteiger partial charge is 0.416 e. The first kappa shape index (κ1) is 17.3. The molecule has 0 radical (unpaired) electrons. The second-order valence-electron chi connectivity index (χ2n) is 4.99. The van der Waals surface area contributed by atoms with Crippen LogP contribution in [-0.4, -0.2) is 11.0 Å². The number of alkyl halides is 3. The van der Waals surface area contributed by atoms with Crippen molar-refractivity contribution in [3.63, 3.8) is 0 Å². The Morgan fingerprint density at radius 3 is 2.65 bits per heavy atom. The van der Waals surface area contributed by atoms with E-state index in [4.69, 9.17) is 0 Å².